The maximum atomic E-state index is 4.30. The van der Waals surface area contributed by atoms with Crippen molar-refractivity contribution in [2.75, 3.05) is 0 Å². The molecule has 0 radical (unpaired) electrons. The molecule has 0 amide bonds. The molecule has 2 aromatic heterocycles. The number of nitrogens with zero attached hydrogens (tertiary/aromatic N) is 2. The number of rotatable bonds is 1. The van der Waals surface area contributed by atoms with Gasteiger partial charge in [-0.3, -0.25) is 0 Å². The van der Waals surface area contributed by atoms with E-state index in [0.717, 1.165) is 5.65 Å². The number of aromatic nitrogens is 2. The molecule has 0 aliphatic rings. The van der Waals surface area contributed by atoms with Crippen LogP contribution in [0.15, 0.2) is 30.7 Å². The fourth-order valence-corrected chi connectivity index (χ4v) is 1.42. The predicted molar refractivity (Wildman–Crippen MR) is 49.3 cm³/mol. The van der Waals surface area contributed by atoms with Crippen LogP contribution in [0.1, 0.15) is 25.3 Å². The van der Waals surface area contributed by atoms with E-state index in [0.29, 0.717) is 5.92 Å². The van der Waals surface area contributed by atoms with Gasteiger partial charge in [0, 0.05) is 18.6 Å². The Hall–Kier alpha value is -1.31. The molecule has 62 valence electrons. The van der Waals surface area contributed by atoms with Gasteiger partial charge >= 0.3 is 0 Å². The minimum absolute atomic E-state index is 0.538. The standard InChI is InChI=1S/C10H12N2/c1-8(2)9-4-3-6-12-7-5-11-10(9)12/h3-8H,1-2H3. The third-order valence-electron chi connectivity index (χ3n) is 2.07. The number of hydrogen-bond acceptors (Lipinski definition) is 1. The normalized spacial score (nSPS) is 11.2. The second kappa shape index (κ2) is 2.63. The Bertz CT molecular complexity index is 387. The Balaban J connectivity index is 2.73. The smallest absolute Gasteiger partial charge is 0.140 e. The minimum Gasteiger partial charge on any atom is -0.307 e. The summed E-state index contributed by atoms with van der Waals surface area (Å²) in [5.74, 6) is 0.538. The van der Waals surface area contributed by atoms with E-state index in [2.05, 4.69) is 35.4 Å². The fourth-order valence-electron chi connectivity index (χ4n) is 1.42. The molecule has 0 unspecified atom stereocenters. The predicted octanol–water partition coefficient (Wildman–Crippen LogP) is 2.46. The van der Waals surface area contributed by atoms with Crippen LogP contribution in [0.5, 0.6) is 0 Å². The van der Waals surface area contributed by atoms with Crippen LogP contribution in [0.4, 0.5) is 0 Å². The molecular weight excluding hydrogens is 148 g/mol. The number of hydrogen-bond donors (Lipinski definition) is 0. The summed E-state index contributed by atoms with van der Waals surface area (Å²) in [6.45, 7) is 4.37. The molecule has 0 atom stereocenters. The minimum atomic E-state index is 0.538. The van der Waals surface area contributed by atoms with Crippen molar-refractivity contribution in [3.05, 3.63) is 36.3 Å². The molecule has 0 saturated carbocycles. The Kier molecular flexibility index (Phi) is 1.61. The number of pyridine rings is 1. The average molecular weight is 160 g/mol. The van der Waals surface area contributed by atoms with Gasteiger partial charge in [0.2, 0.25) is 0 Å². The van der Waals surface area contributed by atoms with Crippen molar-refractivity contribution in [3.8, 4) is 0 Å². The topological polar surface area (TPSA) is 17.3 Å². The SMILES string of the molecule is CC(C)c1cccn2ccnc12. The van der Waals surface area contributed by atoms with Gasteiger partial charge in [0.25, 0.3) is 0 Å². The zero-order chi connectivity index (χ0) is 8.55. The van der Waals surface area contributed by atoms with Crippen molar-refractivity contribution in [2.45, 2.75) is 19.8 Å². The first-order valence-corrected chi connectivity index (χ1v) is 4.20. The molecule has 0 spiro atoms. The van der Waals surface area contributed by atoms with Gasteiger partial charge in [-0.2, -0.15) is 0 Å². The molecule has 0 aromatic carbocycles. The first kappa shape index (κ1) is 7.35. The lowest BCUT2D eigenvalue weighted by atomic mass is 10.1. The van der Waals surface area contributed by atoms with Gasteiger partial charge in [0.15, 0.2) is 0 Å². The van der Waals surface area contributed by atoms with Crippen LogP contribution in [-0.2, 0) is 0 Å². The van der Waals surface area contributed by atoms with E-state index >= 15 is 0 Å². The van der Waals surface area contributed by atoms with Gasteiger partial charge in [0.05, 0.1) is 0 Å². The molecule has 0 aliphatic heterocycles. The highest BCUT2D eigenvalue weighted by Gasteiger charge is 2.04. The third-order valence-corrected chi connectivity index (χ3v) is 2.07. The lowest BCUT2D eigenvalue weighted by Gasteiger charge is -2.05. The van der Waals surface area contributed by atoms with Crippen molar-refractivity contribution < 1.29 is 0 Å². The van der Waals surface area contributed by atoms with Crippen LogP contribution in [-0.4, -0.2) is 9.38 Å². The molecule has 2 aromatic rings. The molecule has 2 nitrogen and oxygen atoms in total. The van der Waals surface area contributed by atoms with Crippen molar-refractivity contribution in [1.29, 1.82) is 0 Å². The first-order chi connectivity index (χ1) is 5.79. The summed E-state index contributed by atoms with van der Waals surface area (Å²) in [6, 6.07) is 4.19. The molecule has 2 heterocycles. The van der Waals surface area contributed by atoms with E-state index in [9.17, 15) is 0 Å². The quantitative estimate of drug-likeness (QED) is 0.626. The zero-order valence-corrected chi connectivity index (χ0v) is 7.36. The molecule has 0 fully saturated rings. The van der Waals surface area contributed by atoms with Crippen LogP contribution in [0, 0.1) is 0 Å². The fraction of sp³-hybridized carbons (Fsp3) is 0.300. The summed E-state index contributed by atoms with van der Waals surface area (Å²) in [4.78, 5) is 4.30. The lowest BCUT2D eigenvalue weighted by Crippen LogP contribution is -1.92. The van der Waals surface area contributed by atoms with Crippen LogP contribution < -0.4 is 0 Å². The highest BCUT2D eigenvalue weighted by Crippen LogP contribution is 2.18. The van der Waals surface area contributed by atoms with Gasteiger partial charge in [-0.05, 0) is 17.5 Å². The first-order valence-electron chi connectivity index (χ1n) is 4.20. The van der Waals surface area contributed by atoms with E-state index in [1.54, 1.807) is 0 Å². The second-order valence-electron chi connectivity index (χ2n) is 3.28. The molecule has 0 N–H and O–H groups in total. The Morgan fingerprint density at radius 2 is 2.17 bits per heavy atom. The maximum Gasteiger partial charge on any atom is 0.140 e. The summed E-state index contributed by atoms with van der Waals surface area (Å²) in [5.41, 5.74) is 2.38. The molecular formula is C10H12N2. The van der Waals surface area contributed by atoms with E-state index in [4.69, 9.17) is 0 Å². The van der Waals surface area contributed by atoms with Gasteiger partial charge in [0.1, 0.15) is 5.65 Å². The molecule has 0 aliphatic carbocycles. The highest BCUT2D eigenvalue weighted by molar-refractivity contribution is 5.49. The highest BCUT2D eigenvalue weighted by atomic mass is 15.0. The van der Waals surface area contributed by atoms with E-state index in [1.807, 2.05) is 18.6 Å². The molecule has 2 rings (SSSR count). The number of fused-ring (bicyclic) bond motifs is 1. The van der Waals surface area contributed by atoms with E-state index in [1.165, 1.54) is 5.56 Å². The van der Waals surface area contributed by atoms with E-state index in [-0.39, 0.29) is 0 Å². The summed E-state index contributed by atoms with van der Waals surface area (Å²) in [6.07, 6.45) is 5.83. The van der Waals surface area contributed by atoms with Gasteiger partial charge in [-0.15, -0.1) is 0 Å². The Labute approximate surface area is 71.9 Å². The van der Waals surface area contributed by atoms with E-state index < -0.39 is 0 Å². The average Bonchev–Trinajstić information content (AvgIpc) is 2.49. The van der Waals surface area contributed by atoms with Crippen LogP contribution in [0.2, 0.25) is 0 Å². The van der Waals surface area contributed by atoms with Crippen molar-refractivity contribution in [2.24, 2.45) is 0 Å². The largest absolute Gasteiger partial charge is 0.307 e. The second-order valence-corrected chi connectivity index (χ2v) is 3.28. The van der Waals surface area contributed by atoms with Crippen LogP contribution in [0.3, 0.4) is 0 Å². The molecule has 0 saturated heterocycles. The van der Waals surface area contributed by atoms with Gasteiger partial charge in [-0.1, -0.05) is 19.9 Å². The maximum absolute atomic E-state index is 4.30. The number of imidazole rings is 1. The van der Waals surface area contributed by atoms with Crippen molar-refractivity contribution >= 4 is 5.65 Å². The molecule has 2 heteroatoms. The van der Waals surface area contributed by atoms with Crippen molar-refractivity contribution in [1.82, 2.24) is 9.38 Å². The summed E-state index contributed by atoms with van der Waals surface area (Å²) < 4.78 is 2.05. The summed E-state index contributed by atoms with van der Waals surface area (Å²) in [5, 5.41) is 0. The van der Waals surface area contributed by atoms with Gasteiger partial charge in [-0.25, -0.2) is 4.98 Å². The van der Waals surface area contributed by atoms with Crippen LogP contribution >= 0.6 is 0 Å². The zero-order valence-electron chi connectivity index (χ0n) is 7.36. The lowest BCUT2D eigenvalue weighted by molar-refractivity contribution is 0.863. The van der Waals surface area contributed by atoms with Crippen LogP contribution in [0.25, 0.3) is 5.65 Å². The van der Waals surface area contributed by atoms with Crippen molar-refractivity contribution in [3.63, 3.8) is 0 Å². The Morgan fingerprint density at radius 1 is 1.33 bits per heavy atom. The summed E-state index contributed by atoms with van der Waals surface area (Å²) >= 11 is 0. The Morgan fingerprint density at radius 3 is 2.92 bits per heavy atom. The molecule has 0 bridgehead atoms. The molecule has 12 heavy (non-hydrogen) atoms. The summed E-state index contributed by atoms with van der Waals surface area (Å²) in [7, 11) is 0. The third kappa shape index (κ3) is 0.998. The van der Waals surface area contributed by atoms with Gasteiger partial charge < -0.3 is 4.40 Å². The monoisotopic (exact) mass is 160 g/mol.